The molecule has 0 bridgehead atoms. The standard InChI is InChI=1S/C23H17Cl2N3O3S/c1-12-10-14(13(2)27(12)15-6-8-16(29)9-7-15)11-17-21(30)26-23(32)28(22(17)31)19-5-3-4-18(24)20(19)25/h3-11,29H,1-2H3,(H,26,30,32)/b17-11+. The molecule has 0 spiro atoms. The molecule has 3 aromatic rings. The number of halogens is 2. The number of hydrogen-bond acceptors (Lipinski definition) is 4. The van der Waals surface area contributed by atoms with Crippen LogP contribution in [0.25, 0.3) is 11.8 Å². The summed E-state index contributed by atoms with van der Waals surface area (Å²) < 4.78 is 1.97. The fourth-order valence-electron chi connectivity index (χ4n) is 3.63. The van der Waals surface area contributed by atoms with E-state index in [1.807, 2.05) is 24.5 Å². The number of hydrogen-bond donors (Lipinski definition) is 2. The Balaban J connectivity index is 1.78. The van der Waals surface area contributed by atoms with E-state index < -0.39 is 11.8 Å². The van der Waals surface area contributed by atoms with Crippen molar-refractivity contribution >= 4 is 64.1 Å². The maximum Gasteiger partial charge on any atom is 0.270 e. The number of aromatic hydroxyl groups is 1. The fraction of sp³-hybridized carbons (Fsp3) is 0.0870. The van der Waals surface area contributed by atoms with E-state index in [2.05, 4.69) is 5.32 Å². The summed E-state index contributed by atoms with van der Waals surface area (Å²) in [5, 5.41) is 12.5. The summed E-state index contributed by atoms with van der Waals surface area (Å²) in [5.41, 5.74) is 3.46. The smallest absolute Gasteiger partial charge is 0.270 e. The van der Waals surface area contributed by atoms with Crippen LogP contribution >= 0.6 is 35.4 Å². The Morgan fingerprint density at radius 3 is 2.44 bits per heavy atom. The van der Waals surface area contributed by atoms with Crippen LogP contribution in [0.4, 0.5) is 5.69 Å². The highest BCUT2D eigenvalue weighted by Gasteiger charge is 2.36. The predicted molar refractivity (Wildman–Crippen MR) is 130 cm³/mol. The first-order chi connectivity index (χ1) is 15.2. The minimum atomic E-state index is -0.600. The first-order valence-corrected chi connectivity index (χ1v) is 10.7. The van der Waals surface area contributed by atoms with Crippen LogP contribution in [0.5, 0.6) is 5.75 Å². The Bertz CT molecular complexity index is 1310. The molecule has 4 rings (SSSR count). The first-order valence-electron chi connectivity index (χ1n) is 9.53. The minimum absolute atomic E-state index is 0.0733. The maximum absolute atomic E-state index is 13.3. The number of carbonyl (C=O) groups is 2. The zero-order valence-electron chi connectivity index (χ0n) is 17.0. The largest absolute Gasteiger partial charge is 0.508 e. The average molecular weight is 486 g/mol. The van der Waals surface area contributed by atoms with Gasteiger partial charge in [-0.05, 0) is 80.2 Å². The van der Waals surface area contributed by atoms with E-state index in [0.29, 0.717) is 5.56 Å². The molecule has 32 heavy (non-hydrogen) atoms. The third-order valence-corrected chi connectivity index (χ3v) is 6.25. The summed E-state index contributed by atoms with van der Waals surface area (Å²) in [4.78, 5) is 27.1. The van der Waals surface area contributed by atoms with E-state index in [4.69, 9.17) is 35.4 Å². The number of carbonyl (C=O) groups excluding carboxylic acids is 2. The van der Waals surface area contributed by atoms with Gasteiger partial charge in [-0.1, -0.05) is 29.3 Å². The second-order valence-electron chi connectivity index (χ2n) is 7.21. The number of nitrogens with one attached hydrogen (secondary N) is 1. The van der Waals surface area contributed by atoms with E-state index in [0.717, 1.165) is 22.0 Å². The molecule has 0 unspecified atom stereocenters. The lowest BCUT2D eigenvalue weighted by molar-refractivity contribution is -0.122. The predicted octanol–water partition coefficient (Wildman–Crippen LogP) is 4.94. The molecule has 9 heteroatoms. The van der Waals surface area contributed by atoms with Gasteiger partial charge < -0.3 is 9.67 Å². The molecular weight excluding hydrogens is 469 g/mol. The molecule has 2 heterocycles. The summed E-state index contributed by atoms with van der Waals surface area (Å²) in [6.45, 7) is 3.80. The Hall–Kier alpha value is -3.13. The van der Waals surface area contributed by atoms with Gasteiger partial charge >= 0.3 is 0 Å². The normalized spacial score (nSPS) is 15.4. The number of nitrogens with zero attached hydrogens (tertiary/aromatic N) is 2. The highest BCUT2D eigenvalue weighted by atomic mass is 35.5. The van der Waals surface area contributed by atoms with Gasteiger partial charge in [0.15, 0.2) is 5.11 Å². The van der Waals surface area contributed by atoms with E-state index in [1.54, 1.807) is 42.5 Å². The van der Waals surface area contributed by atoms with E-state index in [-0.39, 0.29) is 32.2 Å². The summed E-state index contributed by atoms with van der Waals surface area (Å²) in [6.07, 6.45) is 1.53. The highest BCUT2D eigenvalue weighted by Crippen LogP contribution is 2.34. The Labute approximate surface area is 199 Å². The van der Waals surface area contributed by atoms with Crippen molar-refractivity contribution in [1.82, 2.24) is 9.88 Å². The molecule has 1 saturated heterocycles. The van der Waals surface area contributed by atoms with Crippen molar-refractivity contribution in [2.75, 3.05) is 4.90 Å². The van der Waals surface area contributed by atoms with Crippen molar-refractivity contribution in [2.45, 2.75) is 13.8 Å². The Kier molecular flexibility index (Phi) is 5.81. The zero-order chi connectivity index (χ0) is 23.2. The summed E-state index contributed by atoms with van der Waals surface area (Å²) in [7, 11) is 0. The summed E-state index contributed by atoms with van der Waals surface area (Å²) >= 11 is 17.6. The van der Waals surface area contributed by atoms with Gasteiger partial charge in [-0.3, -0.25) is 19.8 Å². The highest BCUT2D eigenvalue weighted by molar-refractivity contribution is 7.80. The zero-order valence-corrected chi connectivity index (χ0v) is 19.3. The molecule has 0 atom stereocenters. The van der Waals surface area contributed by atoms with E-state index in [9.17, 15) is 14.7 Å². The Morgan fingerprint density at radius 1 is 1.06 bits per heavy atom. The molecule has 0 radical (unpaired) electrons. The molecule has 2 amide bonds. The molecule has 0 aliphatic carbocycles. The van der Waals surface area contributed by atoms with Crippen molar-refractivity contribution in [2.24, 2.45) is 0 Å². The third kappa shape index (κ3) is 3.79. The van der Waals surface area contributed by atoms with Crippen LogP contribution in [-0.4, -0.2) is 26.6 Å². The fourth-order valence-corrected chi connectivity index (χ4v) is 4.28. The molecule has 2 aromatic carbocycles. The average Bonchev–Trinajstić information content (AvgIpc) is 3.02. The number of rotatable bonds is 3. The topological polar surface area (TPSA) is 74.6 Å². The molecule has 6 nitrogen and oxygen atoms in total. The lowest BCUT2D eigenvalue weighted by atomic mass is 10.1. The van der Waals surface area contributed by atoms with Gasteiger partial charge in [0.25, 0.3) is 11.8 Å². The number of benzene rings is 2. The van der Waals surface area contributed by atoms with Crippen molar-refractivity contribution in [3.8, 4) is 11.4 Å². The van der Waals surface area contributed by atoms with Crippen LogP contribution in [0.15, 0.2) is 54.1 Å². The van der Waals surface area contributed by atoms with Gasteiger partial charge in [-0.25, -0.2) is 0 Å². The molecule has 0 saturated carbocycles. The van der Waals surface area contributed by atoms with Crippen LogP contribution in [0.1, 0.15) is 17.0 Å². The summed E-state index contributed by atoms with van der Waals surface area (Å²) in [5.74, 6) is -1.03. The van der Waals surface area contributed by atoms with Gasteiger partial charge in [0.2, 0.25) is 0 Å². The van der Waals surface area contributed by atoms with E-state index in [1.165, 1.54) is 6.08 Å². The quantitative estimate of drug-likeness (QED) is 0.313. The van der Waals surface area contributed by atoms with Crippen molar-refractivity contribution in [3.63, 3.8) is 0 Å². The maximum atomic E-state index is 13.3. The van der Waals surface area contributed by atoms with Gasteiger partial charge in [0.1, 0.15) is 11.3 Å². The SMILES string of the molecule is Cc1cc(/C=C2\C(=O)NC(=S)N(c3cccc(Cl)c3Cl)C2=O)c(C)n1-c1ccc(O)cc1. The second kappa shape index (κ2) is 8.43. The van der Waals surface area contributed by atoms with Crippen molar-refractivity contribution in [3.05, 3.63) is 81.1 Å². The monoisotopic (exact) mass is 485 g/mol. The number of phenolic OH excluding ortho intramolecular Hbond substituents is 1. The molecule has 2 N–H and O–H groups in total. The molecule has 162 valence electrons. The van der Waals surface area contributed by atoms with Gasteiger partial charge in [0, 0.05) is 17.1 Å². The van der Waals surface area contributed by atoms with Crippen LogP contribution in [0.3, 0.4) is 0 Å². The first kappa shape index (κ1) is 22.1. The van der Waals surface area contributed by atoms with Crippen molar-refractivity contribution in [1.29, 1.82) is 0 Å². The molecular formula is C23H17Cl2N3O3S. The van der Waals surface area contributed by atoms with E-state index >= 15 is 0 Å². The number of aromatic nitrogens is 1. The van der Waals surface area contributed by atoms with Crippen LogP contribution in [-0.2, 0) is 9.59 Å². The number of phenols is 1. The molecule has 1 aliphatic heterocycles. The molecule has 1 aromatic heterocycles. The van der Waals surface area contributed by atoms with Crippen LogP contribution in [0, 0.1) is 13.8 Å². The Morgan fingerprint density at radius 2 is 1.75 bits per heavy atom. The number of aryl methyl sites for hydroxylation is 1. The number of thiocarbonyl (C=S) groups is 1. The van der Waals surface area contributed by atoms with Gasteiger partial charge in [-0.15, -0.1) is 0 Å². The third-order valence-electron chi connectivity index (χ3n) is 5.15. The van der Waals surface area contributed by atoms with Gasteiger partial charge in [0.05, 0.1) is 15.7 Å². The van der Waals surface area contributed by atoms with Crippen molar-refractivity contribution < 1.29 is 14.7 Å². The number of amides is 2. The number of anilines is 1. The molecule has 1 aliphatic rings. The van der Waals surface area contributed by atoms with Crippen LogP contribution in [0.2, 0.25) is 10.0 Å². The van der Waals surface area contributed by atoms with Gasteiger partial charge in [-0.2, -0.15) is 0 Å². The second-order valence-corrected chi connectivity index (χ2v) is 8.38. The molecule has 1 fully saturated rings. The lowest BCUT2D eigenvalue weighted by Gasteiger charge is -2.29. The van der Waals surface area contributed by atoms with Crippen LogP contribution < -0.4 is 10.2 Å². The minimum Gasteiger partial charge on any atom is -0.508 e. The summed E-state index contributed by atoms with van der Waals surface area (Å²) in [6, 6.07) is 13.5. The lowest BCUT2D eigenvalue weighted by Crippen LogP contribution is -2.54.